The van der Waals surface area contributed by atoms with Crippen LogP contribution in [0.1, 0.15) is 33.2 Å². The van der Waals surface area contributed by atoms with Crippen LogP contribution in [0.25, 0.3) is 0 Å². The number of sulfone groups is 1. The first-order chi connectivity index (χ1) is 11.3. The summed E-state index contributed by atoms with van der Waals surface area (Å²) in [5, 5.41) is 0. The molecule has 3 rings (SSSR count). The topological polar surface area (TPSA) is 94.6 Å². The van der Waals surface area contributed by atoms with E-state index in [0.717, 1.165) is 6.07 Å². The van der Waals surface area contributed by atoms with Crippen LogP contribution in [-0.2, 0) is 19.4 Å². The Balaban J connectivity index is 2.10. The minimum Gasteiger partial charge on any atom is -0.454 e. The van der Waals surface area contributed by atoms with E-state index in [2.05, 4.69) is 0 Å². The van der Waals surface area contributed by atoms with Crippen molar-refractivity contribution in [1.82, 2.24) is 0 Å². The number of fused-ring (bicyclic) bond motifs is 2. The van der Waals surface area contributed by atoms with Crippen LogP contribution in [0, 0.1) is 0 Å². The Bertz CT molecular complexity index is 988. The van der Waals surface area contributed by atoms with E-state index in [0.29, 0.717) is 0 Å². The van der Waals surface area contributed by atoms with Gasteiger partial charge in [-0.05, 0) is 37.3 Å². The third-order valence-corrected chi connectivity index (χ3v) is 5.43. The number of ketones is 2. The fourth-order valence-electron chi connectivity index (χ4n) is 2.46. The van der Waals surface area contributed by atoms with E-state index in [9.17, 15) is 22.8 Å². The van der Waals surface area contributed by atoms with Crippen molar-refractivity contribution in [2.24, 2.45) is 0 Å². The summed E-state index contributed by atoms with van der Waals surface area (Å²) < 4.78 is 30.2. The van der Waals surface area contributed by atoms with Crippen LogP contribution in [0.5, 0.6) is 0 Å². The van der Waals surface area contributed by atoms with Gasteiger partial charge in [0.05, 0.1) is 15.4 Å². The summed E-state index contributed by atoms with van der Waals surface area (Å²) in [6.45, 7) is 0.866. The van der Waals surface area contributed by atoms with Crippen molar-refractivity contribution in [3.8, 4) is 0 Å². The smallest absolute Gasteiger partial charge is 0.338 e. The second-order valence-electron chi connectivity index (χ2n) is 5.32. The summed E-state index contributed by atoms with van der Waals surface area (Å²) in [5.74, 6) is -1.58. The zero-order valence-corrected chi connectivity index (χ0v) is 13.4. The van der Waals surface area contributed by atoms with Gasteiger partial charge in [-0.25, -0.2) is 13.2 Å². The molecule has 122 valence electrons. The molecule has 0 saturated heterocycles. The molecule has 0 N–H and O–H groups in total. The van der Waals surface area contributed by atoms with E-state index < -0.39 is 28.2 Å². The van der Waals surface area contributed by atoms with Gasteiger partial charge < -0.3 is 4.74 Å². The molecule has 0 unspecified atom stereocenters. The van der Waals surface area contributed by atoms with Gasteiger partial charge in [0.2, 0.25) is 9.84 Å². The minimum atomic E-state index is -3.92. The van der Waals surface area contributed by atoms with Crippen LogP contribution in [-0.4, -0.2) is 32.6 Å². The lowest BCUT2D eigenvalue weighted by molar-refractivity contribution is -0.120. The zero-order valence-electron chi connectivity index (χ0n) is 12.6. The monoisotopic (exact) mass is 344 g/mol. The first kappa shape index (κ1) is 16.1. The Labute approximate surface area is 138 Å². The summed E-state index contributed by atoms with van der Waals surface area (Å²) in [7, 11) is -3.92. The summed E-state index contributed by atoms with van der Waals surface area (Å²) in [6, 6.07) is 9.63. The van der Waals surface area contributed by atoms with Crippen LogP contribution in [0.3, 0.4) is 0 Å². The van der Waals surface area contributed by atoms with Crippen molar-refractivity contribution in [3.05, 3.63) is 59.2 Å². The number of benzene rings is 2. The fourth-order valence-corrected chi connectivity index (χ4v) is 4.14. The Kier molecular flexibility index (Phi) is 3.81. The Hall–Kier alpha value is -2.80. The van der Waals surface area contributed by atoms with Crippen molar-refractivity contribution in [1.29, 1.82) is 0 Å². The van der Waals surface area contributed by atoms with Crippen LogP contribution < -0.4 is 0 Å². The molecule has 2 aromatic carbocycles. The molecule has 1 aliphatic rings. The number of ether oxygens (including phenoxy) is 1. The fraction of sp³-hybridized carbons (Fsp3) is 0.118. The van der Waals surface area contributed by atoms with Gasteiger partial charge in [0, 0.05) is 11.1 Å². The third-order valence-electron chi connectivity index (χ3n) is 3.58. The maximum atomic E-state index is 12.7. The van der Waals surface area contributed by atoms with Crippen molar-refractivity contribution in [2.45, 2.75) is 16.7 Å². The van der Waals surface area contributed by atoms with Crippen LogP contribution >= 0.6 is 0 Å². The molecule has 0 aliphatic carbocycles. The van der Waals surface area contributed by atoms with Gasteiger partial charge in [-0.2, -0.15) is 0 Å². The summed E-state index contributed by atoms with van der Waals surface area (Å²) in [6.07, 6.45) is 0. The molecule has 1 heterocycles. The number of hydrogen-bond donors (Lipinski definition) is 0. The van der Waals surface area contributed by atoms with E-state index in [1.54, 1.807) is 6.07 Å². The normalized spacial score (nSPS) is 14.5. The first-order valence-corrected chi connectivity index (χ1v) is 8.50. The molecule has 2 aromatic rings. The van der Waals surface area contributed by atoms with Gasteiger partial charge >= 0.3 is 5.97 Å². The Morgan fingerprint density at radius 1 is 1.00 bits per heavy atom. The van der Waals surface area contributed by atoms with E-state index in [-0.39, 0.29) is 32.3 Å². The van der Waals surface area contributed by atoms with Gasteiger partial charge in [0.25, 0.3) is 0 Å². The summed E-state index contributed by atoms with van der Waals surface area (Å²) in [5.41, 5.74) is 0.0829. The zero-order chi connectivity index (χ0) is 17.5. The largest absolute Gasteiger partial charge is 0.454 e. The molecular formula is C17H12O6S. The average Bonchev–Trinajstić information content (AvgIpc) is 2.57. The van der Waals surface area contributed by atoms with Gasteiger partial charge in [0.1, 0.15) is 6.61 Å². The third kappa shape index (κ3) is 2.52. The van der Waals surface area contributed by atoms with Gasteiger partial charge in [-0.3, -0.25) is 9.59 Å². The van der Waals surface area contributed by atoms with Crippen molar-refractivity contribution >= 4 is 27.4 Å². The molecule has 0 spiro atoms. The van der Waals surface area contributed by atoms with Gasteiger partial charge in [-0.15, -0.1) is 0 Å². The summed E-state index contributed by atoms with van der Waals surface area (Å²) >= 11 is 0. The predicted octanol–water partition coefficient (Wildman–Crippen LogP) is 1.81. The lowest BCUT2D eigenvalue weighted by Gasteiger charge is -2.19. The maximum Gasteiger partial charge on any atom is 0.338 e. The van der Waals surface area contributed by atoms with E-state index >= 15 is 0 Å². The van der Waals surface area contributed by atoms with E-state index in [4.69, 9.17) is 4.74 Å². The highest BCUT2D eigenvalue weighted by Gasteiger charge is 2.35. The van der Waals surface area contributed by atoms with Crippen molar-refractivity contribution < 1.29 is 27.5 Å². The first-order valence-electron chi connectivity index (χ1n) is 7.02. The highest BCUT2D eigenvalue weighted by atomic mass is 32.2. The van der Waals surface area contributed by atoms with E-state index in [1.165, 1.54) is 37.3 Å². The Morgan fingerprint density at radius 3 is 2.38 bits per heavy atom. The second-order valence-corrected chi connectivity index (χ2v) is 7.20. The lowest BCUT2D eigenvalue weighted by Crippen LogP contribution is -2.21. The van der Waals surface area contributed by atoms with Crippen LogP contribution in [0.15, 0.2) is 52.3 Å². The minimum absolute atomic E-state index is 0.0109. The highest BCUT2D eigenvalue weighted by Crippen LogP contribution is 2.34. The molecule has 0 saturated carbocycles. The molecule has 0 radical (unpaired) electrons. The standard InChI is InChI=1S/C17H12O6S/c1-10(18)9-23-17(20)11-6-7-13-15(8-11)24(21,22)14-5-3-2-4-12(14)16(13)19/h2-8H,9H2,1H3. The molecular weight excluding hydrogens is 332 g/mol. The predicted molar refractivity (Wildman–Crippen MR) is 82.7 cm³/mol. The number of esters is 1. The van der Waals surface area contributed by atoms with Crippen LogP contribution in [0.2, 0.25) is 0 Å². The molecule has 0 bridgehead atoms. The van der Waals surface area contributed by atoms with Crippen molar-refractivity contribution in [2.75, 3.05) is 6.61 Å². The molecule has 0 atom stereocenters. The maximum absolute atomic E-state index is 12.7. The van der Waals surface area contributed by atoms with Crippen LogP contribution in [0.4, 0.5) is 0 Å². The highest BCUT2D eigenvalue weighted by molar-refractivity contribution is 7.91. The number of Topliss-reactive ketones (excluding diaryl/α,β-unsaturated/α-hetero) is 1. The lowest BCUT2D eigenvalue weighted by atomic mass is 10.0. The molecule has 24 heavy (non-hydrogen) atoms. The summed E-state index contributed by atoms with van der Waals surface area (Å²) in [4.78, 5) is 34.9. The molecule has 6 nitrogen and oxygen atoms in total. The number of rotatable bonds is 3. The number of carbonyl (C=O) groups excluding carboxylic acids is 3. The molecule has 7 heteroatoms. The molecule has 0 fully saturated rings. The second kappa shape index (κ2) is 5.68. The Morgan fingerprint density at radius 2 is 1.67 bits per heavy atom. The quantitative estimate of drug-likeness (QED) is 0.673. The number of hydrogen-bond acceptors (Lipinski definition) is 6. The van der Waals surface area contributed by atoms with E-state index in [1.807, 2.05) is 0 Å². The molecule has 1 aliphatic heterocycles. The number of carbonyl (C=O) groups is 3. The molecule has 0 amide bonds. The molecule has 0 aromatic heterocycles. The van der Waals surface area contributed by atoms with Gasteiger partial charge in [-0.1, -0.05) is 12.1 Å². The van der Waals surface area contributed by atoms with Gasteiger partial charge in [0.15, 0.2) is 11.6 Å². The van der Waals surface area contributed by atoms with Crippen molar-refractivity contribution in [3.63, 3.8) is 0 Å². The average molecular weight is 344 g/mol. The SMILES string of the molecule is CC(=O)COC(=O)c1ccc2c(c1)S(=O)(=O)c1ccccc1C2=O.